The number of para-hydroxylation sites is 1. The van der Waals surface area contributed by atoms with Gasteiger partial charge in [-0.05, 0) is 52.6 Å². The van der Waals surface area contributed by atoms with Crippen LogP contribution in [0.5, 0.6) is 0 Å². The van der Waals surface area contributed by atoms with Crippen LogP contribution in [0.15, 0.2) is 78.9 Å². The molecular formula is C30H31N7. The molecule has 7 heteroatoms. The van der Waals surface area contributed by atoms with Gasteiger partial charge in [0.1, 0.15) is 0 Å². The molecule has 0 N–H and O–H groups in total. The van der Waals surface area contributed by atoms with Crippen LogP contribution in [0.1, 0.15) is 39.7 Å². The molecule has 7 nitrogen and oxygen atoms in total. The van der Waals surface area contributed by atoms with Gasteiger partial charge in [0.05, 0.1) is 23.4 Å². The first-order chi connectivity index (χ1) is 18.1. The second-order valence-electron chi connectivity index (χ2n) is 9.52. The maximum atomic E-state index is 9.66. The lowest BCUT2D eigenvalue weighted by Crippen LogP contribution is -2.48. The van der Waals surface area contributed by atoms with Gasteiger partial charge in [0.2, 0.25) is 0 Å². The number of hydrogen-bond donors (Lipinski definition) is 0. The molecule has 0 spiro atoms. The molecule has 0 aliphatic carbocycles. The summed E-state index contributed by atoms with van der Waals surface area (Å²) in [6.45, 7) is 8.27. The Morgan fingerprint density at radius 2 is 1.70 bits per heavy atom. The largest absolute Gasteiger partial charge is 0.296 e. The van der Waals surface area contributed by atoms with E-state index in [1.54, 1.807) is 0 Å². The van der Waals surface area contributed by atoms with Gasteiger partial charge < -0.3 is 0 Å². The van der Waals surface area contributed by atoms with Crippen molar-refractivity contribution in [2.75, 3.05) is 26.2 Å². The van der Waals surface area contributed by atoms with Crippen LogP contribution in [0.3, 0.4) is 0 Å². The molecular weight excluding hydrogens is 458 g/mol. The highest BCUT2D eigenvalue weighted by atomic mass is 15.6. The van der Waals surface area contributed by atoms with Crippen LogP contribution in [-0.4, -0.2) is 56.2 Å². The van der Waals surface area contributed by atoms with Crippen molar-refractivity contribution in [3.05, 3.63) is 113 Å². The van der Waals surface area contributed by atoms with Gasteiger partial charge in [-0.1, -0.05) is 78.9 Å². The standard InChI is InChI=1S/C30H31N7/c1-23-10-8-11-24(2)29(23)37-30(32-33-34-37)28-22-35(17-9-14-25-12-4-3-5-13-25)18-19-36(28)21-27-16-7-6-15-26(27)20-31/h3-16,28H,17-19,21-22H2,1-2H3. The number of rotatable bonds is 7. The lowest BCUT2D eigenvalue weighted by molar-refractivity contribution is 0.0688. The normalized spacial score (nSPS) is 16.7. The van der Waals surface area contributed by atoms with Crippen molar-refractivity contribution >= 4 is 6.08 Å². The molecule has 0 saturated carbocycles. The first kappa shape index (κ1) is 24.6. The fourth-order valence-electron chi connectivity index (χ4n) is 5.07. The number of benzene rings is 3. The van der Waals surface area contributed by atoms with Gasteiger partial charge in [-0.15, -0.1) is 5.10 Å². The van der Waals surface area contributed by atoms with Crippen LogP contribution in [0.4, 0.5) is 0 Å². The summed E-state index contributed by atoms with van der Waals surface area (Å²) in [6, 6.07) is 26.8. The SMILES string of the molecule is Cc1cccc(C)c1-n1nnnc1C1CN(CC=Cc2ccccc2)CCN1Cc1ccccc1C#N. The molecule has 3 aromatic carbocycles. The average Bonchev–Trinajstić information content (AvgIpc) is 3.39. The Bertz CT molecular complexity index is 1400. The van der Waals surface area contributed by atoms with Crippen molar-refractivity contribution in [1.82, 2.24) is 30.0 Å². The number of nitrogens with zero attached hydrogens (tertiary/aromatic N) is 7. The number of aryl methyl sites for hydroxylation is 2. The van der Waals surface area contributed by atoms with Crippen molar-refractivity contribution in [1.29, 1.82) is 5.26 Å². The third-order valence-electron chi connectivity index (χ3n) is 7.00. The van der Waals surface area contributed by atoms with Crippen molar-refractivity contribution in [3.63, 3.8) is 0 Å². The van der Waals surface area contributed by atoms with Crippen LogP contribution in [0.2, 0.25) is 0 Å². The third kappa shape index (κ3) is 5.51. The molecule has 186 valence electrons. The minimum atomic E-state index is -0.0281. The number of piperazine rings is 1. The fraction of sp³-hybridized carbons (Fsp3) is 0.267. The van der Waals surface area contributed by atoms with E-state index in [2.05, 4.69) is 99.9 Å². The predicted molar refractivity (Wildman–Crippen MR) is 145 cm³/mol. The maximum Gasteiger partial charge on any atom is 0.175 e. The van der Waals surface area contributed by atoms with E-state index in [1.165, 1.54) is 5.56 Å². The molecule has 5 rings (SSSR count). The minimum Gasteiger partial charge on any atom is -0.296 e. The first-order valence-corrected chi connectivity index (χ1v) is 12.6. The van der Waals surface area contributed by atoms with E-state index in [0.29, 0.717) is 12.1 Å². The van der Waals surface area contributed by atoms with Crippen LogP contribution < -0.4 is 0 Å². The summed E-state index contributed by atoms with van der Waals surface area (Å²) in [7, 11) is 0. The van der Waals surface area contributed by atoms with E-state index >= 15 is 0 Å². The summed E-state index contributed by atoms with van der Waals surface area (Å²) in [5.41, 5.74) is 6.23. The first-order valence-electron chi connectivity index (χ1n) is 12.6. The number of tetrazole rings is 1. The molecule has 1 aliphatic rings. The molecule has 0 radical (unpaired) electrons. The van der Waals surface area contributed by atoms with Gasteiger partial charge >= 0.3 is 0 Å². The van der Waals surface area contributed by atoms with E-state index in [0.717, 1.165) is 54.4 Å². The minimum absolute atomic E-state index is 0.0281. The fourth-order valence-corrected chi connectivity index (χ4v) is 5.07. The molecule has 1 aromatic heterocycles. The molecule has 1 saturated heterocycles. The van der Waals surface area contributed by atoms with Crippen LogP contribution >= 0.6 is 0 Å². The van der Waals surface area contributed by atoms with Gasteiger partial charge in [0, 0.05) is 32.7 Å². The van der Waals surface area contributed by atoms with Crippen molar-refractivity contribution in [3.8, 4) is 11.8 Å². The van der Waals surface area contributed by atoms with E-state index in [4.69, 9.17) is 0 Å². The Morgan fingerprint density at radius 3 is 2.49 bits per heavy atom. The summed E-state index contributed by atoms with van der Waals surface area (Å²) < 4.78 is 1.90. The zero-order valence-corrected chi connectivity index (χ0v) is 21.3. The smallest absolute Gasteiger partial charge is 0.175 e. The van der Waals surface area contributed by atoms with Gasteiger partial charge in [-0.25, -0.2) is 0 Å². The van der Waals surface area contributed by atoms with Crippen LogP contribution in [0, 0.1) is 25.2 Å². The second-order valence-corrected chi connectivity index (χ2v) is 9.52. The van der Waals surface area contributed by atoms with E-state index in [-0.39, 0.29) is 6.04 Å². The van der Waals surface area contributed by atoms with Crippen molar-refractivity contribution in [2.45, 2.75) is 26.4 Å². The molecule has 1 fully saturated rings. The molecule has 37 heavy (non-hydrogen) atoms. The van der Waals surface area contributed by atoms with Gasteiger partial charge in [-0.3, -0.25) is 9.80 Å². The Balaban J connectivity index is 1.45. The Kier molecular flexibility index (Phi) is 7.50. The summed E-state index contributed by atoms with van der Waals surface area (Å²) in [5, 5.41) is 22.7. The highest BCUT2D eigenvalue weighted by Crippen LogP contribution is 2.29. The zero-order valence-electron chi connectivity index (χ0n) is 21.3. The van der Waals surface area contributed by atoms with Crippen LogP contribution in [0.25, 0.3) is 11.8 Å². The molecule has 0 bridgehead atoms. The highest BCUT2D eigenvalue weighted by Gasteiger charge is 2.33. The lowest BCUT2D eigenvalue weighted by Gasteiger charge is -2.40. The van der Waals surface area contributed by atoms with E-state index < -0.39 is 0 Å². The summed E-state index contributed by atoms with van der Waals surface area (Å²) in [6.07, 6.45) is 4.40. The predicted octanol–water partition coefficient (Wildman–Crippen LogP) is 4.72. The van der Waals surface area contributed by atoms with Gasteiger partial charge in [0.15, 0.2) is 5.82 Å². The highest BCUT2D eigenvalue weighted by molar-refractivity contribution is 5.49. The molecule has 0 amide bonds. The Hall–Kier alpha value is -4.12. The Morgan fingerprint density at radius 1 is 0.946 bits per heavy atom. The topological polar surface area (TPSA) is 73.9 Å². The van der Waals surface area contributed by atoms with E-state index in [1.807, 2.05) is 35.0 Å². The second kappa shape index (κ2) is 11.3. The number of nitriles is 1. The summed E-state index contributed by atoms with van der Waals surface area (Å²) >= 11 is 0. The molecule has 1 unspecified atom stereocenters. The third-order valence-corrected chi connectivity index (χ3v) is 7.00. The number of aromatic nitrogens is 4. The quantitative estimate of drug-likeness (QED) is 0.374. The summed E-state index contributed by atoms with van der Waals surface area (Å²) in [4.78, 5) is 4.85. The molecule has 1 atom stereocenters. The Labute approximate surface area is 218 Å². The van der Waals surface area contributed by atoms with E-state index in [9.17, 15) is 5.26 Å². The van der Waals surface area contributed by atoms with Gasteiger partial charge in [-0.2, -0.15) is 9.94 Å². The molecule has 1 aliphatic heterocycles. The lowest BCUT2D eigenvalue weighted by atomic mass is 10.0. The van der Waals surface area contributed by atoms with Crippen molar-refractivity contribution < 1.29 is 0 Å². The van der Waals surface area contributed by atoms with Crippen molar-refractivity contribution in [2.24, 2.45) is 0 Å². The average molecular weight is 490 g/mol. The zero-order chi connectivity index (χ0) is 25.6. The van der Waals surface area contributed by atoms with Crippen LogP contribution in [-0.2, 0) is 6.54 Å². The maximum absolute atomic E-state index is 9.66. The molecule has 2 heterocycles. The molecule has 4 aromatic rings. The van der Waals surface area contributed by atoms with Gasteiger partial charge in [0.25, 0.3) is 0 Å². The monoisotopic (exact) mass is 489 g/mol. The number of hydrogen-bond acceptors (Lipinski definition) is 6. The summed E-state index contributed by atoms with van der Waals surface area (Å²) in [5.74, 6) is 0.823.